The largest absolute Gasteiger partial charge is 0.335 e. The summed E-state index contributed by atoms with van der Waals surface area (Å²) in [4.78, 5) is 13.8. The van der Waals surface area contributed by atoms with E-state index in [1.807, 2.05) is 30.3 Å². The van der Waals surface area contributed by atoms with E-state index < -0.39 is 9.84 Å². The predicted molar refractivity (Wildman–Crippen MR) is 74.4 cm³/mol. The van der Waals surface area contributed by atoms with Gasteiger partial charge in [-0.1, -0.05) is 37.3 Å². The summed E-state index contributed by atoms with van der Waals surface area (Å²) >= 11 is 0. The van der Waals surface area contributed by atoms with Crippen molar-refractivity contribution in [2.45, 2.75) is 19.4 Å². The first-order valence-corrected chi connectivity index (χ1v) is 8.46. The topological polar surface area (TPSA) is 54.5 Å². The minimum absolute atomic E-state index is 0.0712. The molecule has 0 spiro atoms. The van der Waals surface area contributed by atoms with E-state index in [-0.39, 0.29) is 24.1 Å². The maximum absolute atomic E-state index is 12.1. The van der Waals surface area contributed by atoms with Crippen LogP contribution in [-0.2, 0) is 14.6 Å². The third-order valence-electron chi connectivity index (χ3n) is 3.51. The number of carbonyl (C=O) groups is 1. The number of hydrogen-bond acceptors (Lipinski definition) is 3. The highest BCUT2D eigenvalue weighted by Crippen LogP contribution is 2.38. The van der Waals surface area contributed by atoms with E-state index in [9.17, 15) is 13.2 Å². The van der Waals surface area contributed by atoms with Gasteiger partial charge in [-0.3, -0.25) is 4.79 Å². The van der Waals surface area contributed by atoms with E-state index >= 15 is 0 Å². The molecule has 2 rings (SSSR count). The van der Waals surface area contributed by atoms with Crippen molar-refractivity contribution < 1.29 is 13.2 Å². The Morgan fingerprint density at radius 3 is 2.47 bits per heavy atom. The fraction of sp³-hybridized carbons (Fsp3) is 0.500. The van der Waals surface area contributed by atoms with Crippen LogP contribution in [0.3, 0.4) is 0 Å². The van der Waals surface area contributed by atoms with Crippen molar-refractivity contribution in [1.82, 2.24) is 4.90 Å². The van der Waals surface area contributed by atoms with Gasteiger partial charge in [0.25, 0.3) is 0 Å². The third kappa shape index (κ3) is 3.35. The van der Waals surface area contributed by atoms with Crippen molar-refractivity contribution in [3.05, 3.63) is 35.9 Å². The molecule has 0 bridgehead atoms. The summed E-state index contributed by atoms with van der Waals surface area (Å²) in [5.41, 5.74) is 1.12. The lowest BCUT2D eigenvalue weighted by Gasteiger charge is -2.47. The molecule has 1 amide bonds. The molecule has 5 heteroatoms. The van der Waals surface area contributed by atoms with Gasteiger partial charge in [-0.25, -0.2) is 8.42 Å². The maximum atomic E-state index is 12.1. The molecule has 1 heterocycles. The highest BCUT2D eigenvalue weighted by molar-refractivity contribution is 7.90. The van der Waals surface area contributed by atoms with Gasteiger partial charge in [-0.15, -0.1) is 0 Å². The van der Waals surface area contributed by atoms with Crippen LogP contribution in [0.1, 0.15) is 24.9 Å². The predicted octanol–water partition coefficient (Wildman–Crippen LogP) is 1.64. The highest BCUT2D eigenvalue weighted by atomic mass is 32.2. The average molecular weight is 281 g/mol. The van der Waals surface area contributed by atoms with Crippen molar-refractivity contribution >= 4 is 15.7 Å². The van der Waals surface area contributed by atoms with Crippen LogP contribution in [0, 0.1) is 5.92 Å². The second-order valence-electron chi connectivity index (χ2n) is 5.26. The molecule has 1 aliphatic heterocycles. The number of sulfone groups is 1. The Balaban J connectivity index is 2.03. The lowest BCUT2D eigenvalue weighted by atomic mass is 9.84. The van der Waals surface area contributed by atoms with Gasteiger partial charge in [-0.05, 0) is 11.5 Å². The zero-order valence-electron chi connectivity index (χ0n) is 11.2. The van der Waals surface area contributed by atoms with Gasteiger partial charge in [0, 0.05) is 19.2 Å². The summed E-state index contributed by atoms with van der Waals surface area (Å²) in [5, 5.41) is 0. The minimum atomic E-state index is -3.08. The van der Waals surface area contributed by atoms with Crippen molar-refractivity contribution in [1.29, 1.82) is 0 Å². The summed E-state index contributed by atoms with van der Waals surface area (Å²) in [5.74, 6) is 0.278. The Labute approximate surface area is 114 Å². The number of carbonyl (C=O) groups excluding carboxylic acids is 1. The number of nitrogens with zero attached hydrogens (tertiary/aromatic N) is 1. The van der Waals surface area contributed by atoms with E-state index in [2.05, 4.69) is 6.92 Å². The molecule has 2 atom stereocenters. The molecule has 0 aliphatic carbocycles. The first-order valence-electron chi connectivity index (χ1n) is 6.40. The molecule has 1 aromatic rings. The summed E-state index contributed by atoms with van der Waals surface area (Å²) in [6.07, 6.45) is 1.24. The Kier molecular flexibility index (Phi) is 3.94. The number of hydrogen-bond donors (Lipinski definition) is 0. The number of amides is 1. The van der Waals surface area contributed by atoms with Gasteiger partial charge in [0.1, 0.15) is 9.84 Å². The molecular formula is C14H19NO3S. The van der Waals surface area contributed by atoms with Crippen molar-refractivity contribution in [2.24, 2.45) is 5.92 Å². The quantitative estimate of drug-likeness (QED) is 0.843. The minimum Gasteiger partial charge on any atom is -0.335 e. The first kappa shape index (κ1) is 14.1. The summed E-state index contributed by atoms with van der Waals surface area (Å²) in [6, 6.07) is 9.98. The maximum Gasteiger partial charge on any atom is 0.224 e. The molecule has 1 aliphatic rings. The molecule has 1 aromatic carbocycles. The third-order valence-corrected chi connectivity index (χ3v) is 4.45. The molecule has 0 aromatic heterocycles. The molecule has 0 radical (unpaired) electrons. The van der Waals surface area contributed by atoms with E-state index in [0.717, 1.165) is 11.8 Å². The fourth-order valence-electron chi connectivity index (χ4n) is 2.52. The van der Waals surface area contributed by atoms with Crippen molar-refractivity contribution in [3.63, 3.8) is 0 Å². The number of rotatable bonds is 4. The Bertz CT molecular complexity index is 553. The Morgan fingerprint density at radius 2 is 1.95 bits per heavy atom. The van der Waals surface area contributed by atoms with E-state index in [4.69, 9.17) is 0 Å². The molecule has 0 saturated carbocycles. The number of benzene rings is 1. The van der Waals surface area contributed by atoms with E-state index in [1.54, 1.807) is 4.90 Å². The van der Waals surface area contributed by atoms with Crippen LogP contribution in [0.15, 0.2) is 30.3 Å². The molecule has 19 heavy (non-hydrogen) atoms. The fourth-order valence-corrected chi connectivity index (χ4v) is 3.07. The van der Waals surface area contributed by atoms with Gasteiger partial charge in [0.2, 0.25) is 5.91 Å². The Hall–Kier alpha value is -1.36. The second kappa shape index (κ2) is 5.33. The lowest BCUT2D eigenvalue weighted by molar-refractivity contribution is -0.143. The molecule has 0 unspecified atom stereocenters. The van der Waals surface area contributed by atoms with Crippen molar-refractivity contribution in [3.8, 4) is 0 Å². The first-order chi connectivity index (χ1) is 8.88. The summed E-state index contributed by atoms with van der Waals surface area (Å²) in [6.45, 7) is 2.82. The van der Waals surface area contributed by atoms with E-state index in [0.29, 0.717) is 12.5 Å². The molecule has 1 saturated heterocycles. The van der Waals surface area contributed by atoms with Gasteiger partial charge >= 0.3 is 0 Å². The lowest BCUT2D eigenvalue weighted by Crippen LogP contribution is -2.51. The normalized spacial score (nSPS) is 22.9. The standard InChI is InChI=1S/C14H19NO3S/c1-11-10-15(13(16)8-9-19(2,17)18)14(11)12-6-4-3-5-7-12/h3-7,11,14H,8-10H2,1-2H3/t11-,14-/m1/s1. The van der Waals surface area contributed by atoms with Crippen LogP contribution in [0.25, 0.3) is 0 Å². The van der Waals surface area contributed by atoms with Gasteiger partial charge < -0.3 is 4.90 Å². The van der Waals surface area contributed by atoms with Crippen LogP contribution < -0.4 is 0 Å². The van der Waals surface area contributed by atoms with Crippen LogP contribution in [0.5, 0.6) is 0 Å². The zero-order valence-corrected chi connectivity index (χ0v) is 12.1. The molecule has 104 valence electrons. The van der Waals surface area contributed by atoms with Crippen molar-refractivity contribution in [2.75, 3.05) is 18.6 Å². The van der Waals surface area contributed by atoms with Gasteiger partial charge in [-0.2, -0.15) is 0 Å². The van der Waals surface area contributed by atoms with Gasteiger partial charge in [0.05, 0.1) is 11.8 Å². The highest BCUT2D eigenvalue weighted by Gasteiger charge is 2.39. The molecule has 4 nitrogen and oxygen atoms in total. The van der Waals surface area contributed by atoms with Crippen LogP contribution in [-0.4, -0.2) is 37.8 Å². The average Bonchev–Trinajstić information content (AvgIpc) is 2.33. The molecular weight excluding hydrogens is 262 g/mol. The second-order valence-corrected chi connectivity index (χ2v) is 7.52. The Morgan fingerprint density at radius 1 is 1.32 bits per heavy atom. The summed E-state index contributed by atoms with van der Waals surface area (Å²) in [7, 11) is -3.08. The molecule has 1 fully saturated rings. The summed E-state index contributed by atoms with van der Waals surface area (Å²) < 4.78 is 22.2. The smallest absolute Gasteiger partial charge is 0.224 e. The SMILES string of the molecule is C[C@@H]1CN(C(=O)CCS(C)(=O)=O)[C@H]1c1ccccc1. The van der Waals surface area contributed by atoms with Crippen LogP contribution in [0.4, 0.5) is 0 Å². The monoisotopic (exact) mass is 281 g/mol. The number of likely N-dealkylation sites (tertiary alicyclic amines) is 1. The zero-order chi connectivity index (χ0) is 14.0. The van der Waals surface area contributed by atoms with Crippen LogP contribution >= 0.6 is 0 Å². The van der Waals surface area contributed by atoms with E-state index in [1.165, 1.54) is 0 Å². The van der Waals surface area contributed by atoms with Crippen LogP contribution in [0.2, 0.25) is 0 Å². The van der Waals surface area contributed by atoms with Gasteiger partial charge in [0.15, 0.2) is 0 Å². The molecule has 0 N–H and O–H groups in total.